The summed E-state index contributed by atoms with van der Waals surface area (Å²) in [6.07, 6.45) is -3.21. The minimum Gasteiger partial charge on any atom is -0.492 e. The number of pyridine rings is 1. The molecule has 2 aromatic rings. The van der Waals surface area contributed by atoms with E-state index in [1.54, 1.807) is 12.1 Å². The smallest absolute Gasteiger partial charge is 0.421 e. The molecule has 0 radical (unpaired) electrons. The lowest BCUT2D eigenvalue weighted by molar-refractivity contribution is -0.139. The van der Waals surface area contributed by atoms with E-state index in [1.165, 1.54) is 6.07 Å². The van der Waals surface area contributed by atoms with Crippen molar-refractivity contribution in [2.24, 2.45) is 0 Å². The Bertz CT molecular complexity index is 869. The average Bonchev–Trinajstić information content (AvgIpc) is 2.57. The second-order valence-corrected chi connectivity index (χ2v) is 6.32. The summed E-state index contributed by atoms with van der Waals surface area (Å²) >= 11 is 11.7. The maximum Gasteiger partial charge on any atom is 0.421 e. The second kappa shape index (κ2) is 9.14. The monoisotopic (exact) mass is 422 g/mol. The predicted octanol–water partition coefficient (Wildman–Crippen LogP) is 3.76. The molecule has 0 bridgehead atoms. The standard InChI is InChI=1S/C17H15Cl2F3N2O3/c18-11-4-5-14(13(19)9-11)27-8-2-6-23-15(25)10-24-7-1-3-12(16(24)26)17(20,21)22/h1,3-5,7,9H,2,6,8,10H2,(H,23,25). The summed E-state index contributed by atoms with van der Waals surface area (Å²) in [5.74, 6) is -0.135. The van der Waals surface area contributed by atoms with E-state index in [1.807, 2.05) is 0 Å². The molecule has 1 aromatic carbocycles. The molecule has 0 saturated carbocycles. The van der Waals surface area contributed by atoms with Crippen molar-refractivity contribution in [3.8, 4) is 5.75 Å². The van der Waals surface area contributed by atoms with Gasteiger partial charge in [-0.05, 0) is 36.8 Å². The first-order valence-corrected chi connectivity index (χ1v) is 8.55. The summed E-state index contributed by atoms with van der Waals surface area (Å²) in [7, 11) is 0. The molecule has 0 aliphatic carbocycles. The van der Waals surface area contributed by atoms with Gasteiger partial charge in [0.1, 0.15) is 17.9 Å². The first-order chi connectivity index (χ1) is 12.7. The van der Waals surface area contributed by atoms with Gasteiger partial charge in [0.25, 0.3) is 5.56 Å². The number of aromatic nitrogens is 1. The fraction of sp³-hybridized carbons (Fsp3) is 0.294. The van der Waals surface area contributed by atoms with Gasteiger partial charge in [-0.1, -0.05) is 23.2 Å². The van der Waals surface area contributed by atoms with E-state index >= 15 is 0 Å². The Hall–Kier alpha value is -2.19. The van der Waals surface area contributed by atoms with Gasteiger partial charge in [0.05, 0.1) is 11.6 Å². The van der Waals surface area contributed by atoms with Crippen LogP contribution in [0.5, 0.6) is 5.75 Å². The van der Waals surface area contributed by atoms with Crippen molar-refractivity contribution >= 4 is 29.1 Å². The molecule has 10 heteroatoms. The third-order valence-electron chi connectivity index (χ3n) is 3.43. The molecule has 1 N–H and O–H groups in total. The number of nitrogens with one attached hydrogen (secondary N) is 1. The minimum atomic E-state index is -4.77. The molecule has 27 heavy (non-hydrogen) atoms. The van der Waals surface area contributed by atoms with E-state index in [9.17, 15) is 22.8 Å². The number of carbonyl (C=O) groups is 1. The van der Waals surface area contributed by atoms with Gasteiger partial charge in [0.2, 0.25) is 5.91 Å². The number of halogens is 5. The number of hydrogen-bond donors (Lipinski definition) is 1. The fourth-order valence-electron chi connectivity index (χ4n) is 2.16. The fourth-order valence-corrected chi connectivity index (χ4v) is 2.63. The maximum atomic E-state index is 12.7. The summed E-state index contributed by atoms with van der Waals surface area (Å²) < 4.78 is 44.3. The van der Waals surface area contributed by atoms with Crippen LogP contribution in [-0.2, 0) is 17.5 Å². The molecule has 0 saturated heterocycles. The highest BCUT2D eigenvalue weighted by atomic mass is 35.5. The molecule has 0 aliphatic rings. The number of carbonyl (C=O) groups excluding carboxylic acids is 1. The molecular weight excluding hydrogens is 408 g/mol. The van der Waals surface area contributed by atoms with Crippen LogP contribution in [0.25, 0.3) is 0 Å². The first-order valence-electron chi connectivity index (χ1n) is 7.79. The van der Waals surface area contributed by atoms with Gasteiger partial charge in [0.15, 0.2) is 0 Å². The van der Waals surface area contributed by atoms with Crippen LogP contribution in [0.3, 0.4) is 0 Å². The molecule has 0 unspecified atom stereocenters. The summed E-state index contributed by atoms with van der Waals surface area (Å²) in [5, 5.41) is 3.35. The first kappa shape index (κ1) is 21.1. The normalized spacial score (nSPS) is 11.3. The van der Waals surface area contributed by atoms with Gasteiger partial charge in [-0.25, -0.2) is 0 Å². The van der Waals surface area contributed by atoms with Gasteiger partial charge in [0, 0.05) is 17.8 Å². The average molecular weight is 423 g/mol. The molecule has 1 heterocycles. The number of alkyl halides is 3. The van der Waals surface area contributed by atoms with E-state index < -0.39 is 29.8 Å². The highest BCUT2D eigenvalue weighted by molar-refractivity contribution is 6.35. The number of ether oxygens (including phenoxy) is 1. The van der Waals surface area contributed by atoms with Crippen LogP contribution < -0.4 is 15.6 Å². The highest BCUT2D eigenvalue weighted by Gasteiger charge is 2.34. The van der Waals surface area contributed by atoms with Gasteiger partial charge in [-0.2, -0.15) is 13.2 Å². The van der Waals surface area contributed by atoms with Crippen molar-refractivity contribution in [3.63, 3.8) is 0 Å². The molecule has 1 aromatic heterocycles. The summed E-state index contributed by atoms with van der Waals surface area (Å²) in [4.78, 5) is 23.6. The zero-order chi connectivity index (χ0) is 20.0. The SMILES string of the molecule is O=C(Cn1cccc(C(F)(F)F)c1=O)NCCCOc1ccc(Cl)cc1Cl. The van der Waals surface area contributed by atoms with Gasteiger partial charge < -0.3 is 14.6 Å². The van der Waals surface area contributed by atoms with E-state index in [0.29, 0.717) is 32.8 Å². The number of benzene rings is 1. The topological polar surface area (TPSA) is 60.3 Å². The van der Waals surface area contributed by atoms with Crippen molar-refractivity contribution in [3.05, 3.63) is 62.5 Å². The molecular formula is C17H15Cl2F3N2O3. The van der Waals surface area contributed by atoms with Crippen molar-refractivity contribution in [1.29, 1.82) is 0 Å². The van der Waals surface area contributed by atoms with E-state index in [0.717, 1.165) is 12.3 Å². The number of amides is 1. The Morgan fingerprint density at radius 2 is 1.96 bits per heavy atom. The molecule has 0 spiro atoms. The zero-order valence-corrected chi connectivity index (χ0v) is 15.4. The summed E-state index contributed by atoms with van der Waals surface area (Å²) in [5.41, 5.74) is -2.58. The summed E-state index contributed by atoms with van der Waals surface area (Å²) in [6.45, 7) is -0.0322. The summed E-state index contributed by atoms with van der Waals surface area (Å²) in [6, 6.07) is 6.52. The van der Waals surface area contributed by atoms with Gasteiger partial charge >= 0.3 is 6.18 Å². The van der Waals surface area contributed by atoms with E-state index in [4.69, 9.17) is 27.9 Å². The molecule has 0 aliphatic heterocycles. The van der Waals surface area contributed by atoms with Gasteiger partial charge in [-0.3, -0.25) is 9.59 Å². The highest BCUT2D eigenvalue weighted by Crippen LogP contribution is 2.27. The van der Waals surface area contributed by atoms with Crippen LogP contribution in [0, 0.1) is 0 Å². The van der Waals surface area contributed by atoms with Crippen molar-refractivity contribution in [1.82, 2.24) is 9.88 Å². The van der Waals surface area contributed by atoms with Crippen LogP contribution in [0.1, 0.15) is 12.0 Å². The zero-order valence-electron chi connectivity index (χ0n) is 13.9. The molecule has 2 rings (SSSR count). The molecule has 1 amide bonds. The van der Waals surface area contributed by atoms with Crippen molar-refractivity contribution in [2.75, 3.05) is 13.2 Å². The minimum absolute atomic E-state index is 0.220. The van der Waals surface area contributed by atoms with Crippen LogP contribution in [0.15, 0.2) is 41.3 Å². The second-order valence-electron chi connectivity index (χ2n) is 5.48. The van der Waals surface area contributed by atoms with Crippen LogP contribution >= 0.6 is 23.2 Å². The van der Waals surface area contributed by atoms with Gasteiger partial charge in [-0.15, -0.1) is 0 Å². The van der Waals surface area contributed by atoms with E-state index in [2.05, 4.69) is 5.32 Å². The van der Waals surface area contributed by atoms with Crippen LogP contribution in [0.4, 0.5) is 13.2 Å². The van der Waals surface area contributed by atoms with Crippen molar-refractivity contribution < 1.29 is 22.7 Å². The lowest BCUT2D eigenvalue weighted by Gasteiger charge is -2.11. The largest absolute Gasteiger partial charge is 0.492 e. The molecule has 0 atom stereocenters. The number of rotatable bonds is 7. The Labute approximate surface area is 162 Å². The van der Waals surface area contributed by atoms with E-state index in [-0.39, 0.29) is 13.2 Å². The van der Waals surface area contributed by atoms with Crippen molar-refractivity contribution in [2.45, 2.75) is 19.1 Å². The lowest BCUT2D eigenvalue weighted by Crippen LogP contribution is -2.35. The predicted molar refractivity (Wildman–Crippen MR) is 95.3 cm³/mol. The third kappa shape index (κ3) is 6.18. The number of hydrogen-bond acceptors (Lipinski definition) is 3. The Kier molecular flexibility index (Phi) is 7.15. The number of nitrogens with zero attached hydrogens (tertiary/aromatic N) is 1. The quantitative estimate of drug-likeness (QED) is 0.691. The van der Waals surface area contributed by atoms with Crippen LogP contribution in [0.2, 0.25) is 10.0 Å². The molecule has 146 valence electrons. The Morgan fingerprint density at radius 1 is 1.22 bits per heavy atom. The lowest BCUT2D eigenvalue weighted by atomic mass is 10.2. The molecule has 5 nitrogen and oxygen atoms in total. The van der Waals surface area contributed by atoms with Crippen LogP contribution in [-0.4, -0.2) is 23.6 Å². The molecule has 0 fully saturated rings. The maximum absolute atomic E-state index is 12.7. The Morgan fingerprint density at radius 3 is 2.63 bits per heavy atom. The Balaban J connectivity index is 1.79. The third-order valence-corrected chi connectivity index (χ3v) is 3.96.